The lowest BCUT2D eigenvalue weighted by Gasteiger charge is -2.12. The topological polar surface area (TPSA) is 110 Å². The van der Waals surface area contributed by atoms with E-state index in [9.17, 15) is 9.59 Å². The predicted octanol–water partition coefficient (Wildman–Crippen LogP) is 2.04. The summed E-state index contributed by atoms with van der Waals surface area (Å²) >= 11 is 0. The lowest BCUT2D eigenvalue weighted by Crippen LogP contribution is -2.30. The minimum atomic E-state index is -0.975. The van der Waals surface area contributed by atoms with Gasteiger partial charge in [-0.1, -0.05) is 5.16 Å². The molecule has 2 N–H and O–H groups in total. The summed E-state index contributed by atoms with van der Waals surface area (Å²) in [5.74, 6) is -0.248. The van der Waals surface area contributed by atoms with E-state index < -0.39 is 18.0 Å². The molecule has 0 saturated carbocycles. The summed E-state index contributed by atoms with van der Waals surface area (Å²) in [6, 6.07) is 6.48. The van der Waals surface area contributed by atoms with Crippen LogP contribution in [0.5, 0.6) is 0 Å². The van der Waals surface area contributed by atoms with Crippen molar-refractivity contribution in [3.8, 4) is 0 Å². The number of fused-ring (bicyclic) bond motifs is 1. The number of aryl methyl sites for hydroxylation is 1. The number of amides is 1. The number of anilines is 1. The third-order valence-corrected chi connectivity index (χ3v) is 3.19. The number of nitrogens with one attached hydrogen (secondary N) is 2. The van der Waals surface area contributed by atoms with Crippen molar-refractivity contribution in [1.29, 1.82) is 0 Å². The average Bonchev–Trinajstić information content (AvgIpc) is 3.14. The molecule has 0 aliphatic rings. The van der Waals surface area contributed by atoms with E-state index in [2.05, 4.69) is 20.4 Å². The molecule has 3 aromatic rings. The molecule has 23 heavy (non-hydrogen) atoms. The Kier molecular flexibility index (Phi) is 3.80. The highest BCUT2D eigenvalue weighted by molar-refractivity contribution is 5.98. The second kappa shape index (κ2) is 5.91. The van der Waals surface area contributed by atoms with E-state index in [0.717, 1.165) is 11.0 Å². The number of imidazole rings is 1. The van der Waals surface area contributed by atoms with Crippen molar-refractivity contribution < 1.29 is 18.8 Å². The van der Waals surface area contributed by atoms with Crippen molar-refractivity contribution in [3.05, 3.63) is 41.9 Å². The molecule has 0 saturated heterocycles. The molecule has 1 amide bonds. The molecule has 118 valence electrons. The highest BCUT2D eigenvalue weighted by Gasteiger charge is 2.20. The van der Waals surface area contributed by atoms with Gasteiger partial charge >= 0.3 is 5.97 Å². The second-order valence-corrected chi connectivity index (χ2v) is 4.99. The van der Waals surface area contributed by atoms with Crippen LogP contribution in [0.1, 0.15) is 23.0 Å². The SMILES string of the molecule is Cc1cc(NC(=O)C(C)OC(=O)c2ccc3nc[nH]c3c2)no1. The summed E-state index contributed by atoms with van der Waals surface area (Å²) in [6.45, 7) is 3.19. The molecule has 0 radical (unpaired) electrons. The molecule has 0 fully saturated rings. The fraction of sp³-hybridized carbons (Fsp3) is 0.200. The highest BCUT2D eigenvalue weighted by atomic mass is 16.5. The van der Waals surface area contributed by atoms with Gasteiger partial charge in [0.1, 0.15) is 5.76 Å². The van der Waals surface area contributed by atoms with Crippen LogP contribution in [0.25, 0.3) is 11.0 Å². The van der Waals surface area contributed by atoms with Gasteiger partial charge in [0.25, 0.3) is 5.91 Å². The quantitative estimate of drug-likeness (QED) is 0.713. The molecule has 2 heterocycles. The highest BCUT2D eigenvalue weighted by Crippen LogP contribution is 2.14. The van der Waals surface area contributed by atoms with Gasteiger partial charge in [-0.05, 0) is 32.0 Å². The van der Waals surface area contributed by atoms with E-state index in [-0.39, 0.29) is 5.82 Å². The number of nitrogens with zero attached hydrogens (tertiary/aromatic N) is 2. The van der Waals surface area contributed by atoms with Crippen molar-refractivity contribution in [3.63, 3.8) is 0 Å². The zero-order chi connectivity index (χ0) is 16.4. The summed E-state index contributed by atoms with van der Waals surface area (Å²) in [5, 5.41) is 6.15. The van der Waals surface area contributed by atoms with Crippen molar-refractivity contribution >= 4 is 28.7 Å². The Labute approximate surface area is 130 Å². The first kappa shape index (κ1) is 14.8. The summed E-state index contributed by atoms with van der Waals surface area (Å²) in [7, 11) is 0. The average molecular weight is 314 g/mol. The van der Waals surface area contributed by atoms with Crippen LogP contribution >= 0.6 is 0 Å². The maximum atomic E-state index is 12.1. The maximum absolute atomic E-state index is 12.1. The van der Waals surface area contributed by atoms with Gasteiger partial charge in [0.15, 0.2) is 11.9 Å². The van der Waals surface area contributed by atoms with Gasteiger partial charge < -0.3 is 19.6 Å². The molecule has 1 atom stereocenters. The third kappa shape index (κ3) is 3.20. The fourth-order valence-corrected chi connectivity index (χ4v) is 2.00. The third-order valence-electron chi connectivity index (χ3n) is 3.19. The van der Waals surface area contributed by atoms with Crippen LogP contribution in [0, 0.1) is 6.92 Å². The predicted molar refractivity (Wildman–Crippen MR) is 80.8 cm³/mol. The first-order chi connectivity index (χ1) is 11.0. The molecule has 1 aromatic carbocycles. The number of carbonyl (C=O) groups is 2. The van der Waals surface area contributed by atoms with Crippen LogP contribution in [0.4, 0.5) is 5.82 Å². The first-order valence-electron chi connectivity index (χ1n) is 6.91. The number of benzene rings is 1. The molecule has 1 unspecified atom stereocenters. The van der Waals surface area contributed by atoms with Gasteiger partial charge in [0.2, 0.25) is 0 Å². The van der Waals surface area contributed by atoms with Crippen molar-refractivity contribution in [2.24, 2.45) is 0 Å². The largest absolute Gasteiger partial charge is 0.449 e. The van der Waals surface area contributed by atoms with Crippen molar-refractivity contribution in [2.75, 3.05) is 5.32 Å². The minimum Gasteiger partial charge on any atom is -0.449 e. The Morgan fingerprint density at radius 1 is 1.35 bits per heavy atom. The second-order valence-electron chi connectivity index (χ2n) is 4.99. The number of H-pyrrole nitrogens is 1. The molecule has 2 aromatic heterocycles. The molecular formula is C15H14N4O4. The Balaban J connectivity index is 1.65. The fourth-order valence-electron chi connectivity index (χ4n) is 2.00. The lowest BCUT2D eigenvalue weighted by atomic mass is 10.2. The zero-order valence-electron chi connectivity index (χ0n) is 12.5. The summed E-state index contributed by atoms with van der Waals surface area (Å²) in [4.78, 5) is 31.1. The molecular weight excluding hydrogens is 300 g/mol. The normalized spacial score (nSPS) is 12.1. The van der Waals surface area contributed by atoms with Crippen LogP contribution in [-0.2, 0) is 9.53 Å². The first-order valence-corrected chi connectivity index (χ1v) is 6.91. The number of hydrogen-bond acceptors (Lipinski definition) is 6. The molecule has 3 rings (SSSR count). The van der Waals surface area contributed by atoms with E-state index in [0.29, 0.717) is 11.3 Å². The number of aromatic amines is 1. The van der Waals surface area contributed by atoms with Crippen LogP contribution in [0.3, 0.4) is 0 Å². The summed E-state index contributed by atoms with van der Waals surface area (Å²) in [5.41, 5.74) is 1.79. The van der Waals surface area contributed by atoms with Crippen molar-refractivity contribution in [2.45, 2.75) is 20.0 Å². The Morgan fingerprint density at radius 2 is 2.17 bits per heavy atom. The number of ether oxygens (including phenoxy) is 1. The Hall–Kier alpha value is -3.16. The van der Waals surface area contributed by atoms with Gasteiger partial charge in [0, 0.05) is 6.07 Å². The maximum Gasteiger partial charge on any atom is 0.338 e. The number of esters is 1. The number of rotatable bonds is 4. The Bertz CT molecular complexity index is 867. The molecule has 0 aliphatic carbocycles. The van der Waals surface area contributed by atoms with E-state index >= 15 is 0 Å². The molecule has 8 heteroatoms. The van der Waals surface area contributed by atoms with Crippen LogP contribution in [-0.4, -0.2) is 33.1 Å². The molecule has 0 spiro atoms. The lowest BCUT2D eigenvalue weighted by molar-refractivity contribution is -0.123. The smallest absolute Gasteiger partial charge is 0.338 e. The summed E-state index contributed by atoms with van der Waals surface area (Å²) < 4.78 is 10.0. The van der Waals surface area contributed by atoms with Crippen LogP contribution in [0.2, 0.25) is 0 Å². The van der Waals surface area contributed by atoms with Gasteiger partial charge in [-0.3, -0.25) is 4.79 Å². The summed E-state index contributed by atoms with van der Waals surface area (Å²) in [6.07, 6.45) is 0.562. The van der Waals surface area contributed by atoms with Crippen molar-refractivity contribution in [1.82, 2.24) is 15.1 Å². The van der Waals surface area contributed by atoms with Crippen LogP contribution in [0.15, 0.2) is 35.1 Å². The molecule has 8 nitrogen and oxygen atoms in total. The standard InChI is InChI=1S/C15H14N4O4/c1-8-5-13(19-23-8)18-14(20)9(2)22-15(21)10-3-4-11-12(6-10)17-7-16-11/h3-7,9H,1-2H3,(H,16,17)(H,18,19,20). The van der Waals surface area contributed by atoms with Crippen LogP contribution < -0.4 is 5.32 Å². The molecule has 0 bridgehead atoms. The van der Waals surface area contributed by atoms with E-state index in [1.807, 2.05) is 0 Å². The van der Waals surface area contributed by atoms with Gasteiger partial charge in [-0.25, -0.2) is 9.78 Å². The van der Waals surface area contributed by atoms with Gasteiger partial charge in [0.05, 0.1) is 22.9 Å². The van der Waals surface area contributed by atoms with E-state index in [1.54, 1.807) is 31.2 Å². The minimum absolute atomic E-state index is 0.272. The molecule has 0 aliphatic heterocycles. The van der Waals surface area contributed by atoms with Gasteiger partial charge in [-0.2, -0.15) is 0 Å². The van der Waals surface area contributed by atoms with E-state index in [1.165, 1.54) is 13.3 Å². The number of carbonyl (C=O) groups excluding carboxylic acids is 2. The van der Waals surface area contributed by atoms with Gasteiger partial charge in [-0.15, -0.1) is 0 Å². The van der Waals surface area contributed by atoms with E-state index in [4.69, 9.17) is 9.26 Å². The monoisotopic (exact) mass is 314 g/mol. The number of aromatic nitrogens is 3. The number of hydrogen-bond donors (Lipinski definition) is 2. The zero-order valence-corrected chi connectivity index (χ0v) is 12.5. The Morgan fingerprint density at radius 3 is 2.91 bits per heavy atom.